The number of hydrogen-bond acceptors (Lipinski definition) is 7. The van der Waals surface area contributed by atoms with Crippen LogP contribution in [0.2, 0.25) is 0 Å². The highest BCUT2D eigenvalue weighted by molar-refractivity contribution is 7.18. The molecule has 0 atom stereocenters. The van der Waals surface area contributed by atoms with Gasteiger partial charge in [0.05, 0.1) is 31.4 Å². The van der Waals surface area contributed by atoms with Crippen LogP contribution in [0.25, 0.3) is 10.2 Å². The number of fused-ring (bicyclic) bond motifs is 3. The Morgan fingerprint density at radius 1 is 1.12 bits per heavy atom. The van der Waals surface area contributed by atoms with Crippen LogP contribution in [0.4, 0.5) is 10.5 Å². The van der Waals surface area contributed by atoms with Crippen molar-refractivity contribution in [3.8, 4) is 0 Å². The second-order valence-electron chi connectivity index (χ2n) is 8.60. The fraction of sp³-hybridized carbons (Fsp3) is 0.458. The number of amides is 1. The smallest absolute Gasteiger partial charge is 0.410 e. The van der Waals surface area contributed by atoms with Crippen molar-refractivity contribution in [3.63, 3.8) is 0 Å². The van der Waals surface area contributed by atoms with E-state index in [-0.39, 0.29) is 11.7 Å². The first-order chi connectivity index (χ1) is 16.0. The molecule has 5 rings (SSSR count). The summed E-state index contributed by atoms with van der Waals surface area (Å²) in [4.78, 5) is 38.2. The summed E-state index contributed by atoms with van der Waals surface area (Å²) >= 11 is 1.50. The van der Waals surface area contributed by atoms with E-state index >= 15 is 0 Å². The van der Waals surface area contributed by atoms with E-state index in [1.54, 1.807) is 22.7 Å². The Kier molecular flexibility index (Phi) is 6.07. The maximum absolute atomic E-state index is 13.3. The first-order valence-corrected chi connectivity index (χ1v) is 12.3. The van der Waals surface area contributed by atoms with Crippen LogP contribution in [-0.2, 0) is 24.4 Å². The van der Waals surface area contributed by atoms with E-state index in [2.05, 4.69) is 46.0 Å². The molecule has 1 amide bonds. The topological polar surface area (TPSA) is 70.9 Å². The summed E-state index contributed by atoms with van der Waals surface area (Å²) in [5, 5.41) is 0.661. The van der Waals surface area contributed by atoms with Gasteiger partial charge in [0.25, 0.3) is 5.56 Å². The minimum Gasteiger partial charge on any atom is -0.450 e. The van der Waals surface area contributed by atoms with Crippen LogP contribution < -0.4 is 10.5 Å². The Labute approximate surface area is 197 Å². The molecule has 9 heteroatoms. The van der Waals surface area contributed by atoms with Gasteiger partial charge in [-0.25, -0.2) is 9.78 Å². The molecule has 2 aliphatic heterocycles. The highest BCUT2D eigenvalue weighted by atomic mass is 32.1. The Morgan fingerprint density at radius 2 is 1.91 bits per heavy atom. The minimum atomic E-state index is -0.330. The molecule has 2 aromatic heterocycles. The number of rotatable bonds is 5. The van der Waals surface area contributed by atoms with Crippen LogP contribution in [0.5, 0.6) is 0 Å². The standard InChI is InChI=1S/C24H29N5O3S/c1-3-32-24(31)29-14-18-20(15-29)33-22-21(18)23(30)28(16-25-22)13-10-26-8-11-27(12-9-26)19-7-5-4-6-17(19)2/h4-7,16H,3,8-15H2,1-2H3. The number of anilines is 1. The lowest BCUT2D eigenvalue weighted by atomic mass is 10.1. The number of hydrogen-bond donors (Lipinski definition) is 0. The van der Waals surface area contributed by atoms with Gasteiger partial charge in [-0.3, -0.25) is 19.2 Å². The average Bonchev–Trinajstić information content (AvgIpc) is 3.38. The number of piperazine rings is 1. The highest BCUT2D eigenvalue weighted by Gasteiger charge is 2.30. The Balaban J connectivity index is 1.24. The zero-order chi connectivity index (χ0) is 22.9. The summed E-state index contributed by atoms with van der Waals surface area (Å²) < 4.78 is 6.84. The predicted molar refractivity (Wildman–Crippen MR) is 130 cm³/mol. The van der Waals surface area contributed by atoms with Gasteiger partial charge in [0, 0.05) is 55.4 Å². The third-order valence-corrected chi connectivity index (χ3v) is 7.68. The van der Waals surface area contributed by atoms with E-state index in [1.165, 1.54) is 22.6 Å². The molecule has 0 radical (unpaired) electrons. The van der Waals surface area contributed by atoms with Crippen molar-refractivity contribution in [3.05, 3.63) is 57.0 Å². The number of carbonyl (C=O) groups excluding carboxylic acids is 1. The van der Waals surface area contributed by atoms with E-state index in [9.17, 15) is 9.59 Å². The molecule has 33 heavy (non-hydrogen) atoms. The van der Waals surface area contributed by atoms with Crippen LogP contribution in [0.3, 0.4) is 0 Å². The van der Waals surface area contributed by atoms with Crippen LogP contribution in [0.15, 0.2) is 35.4 Å². The third kappa shape index (κ3) is 4.22. The van der Waals surface area contributed by atoms with Gasteiger partial charge in [-0.2, -0.15) is 0 Å². The number of benzene rings is 1. The number of nitrogens with zero attached hydrogens (tertiary/aromatic N) is 5. The lowest BCUT2D eigenvalue weighted by molar-refractivity contribution is 0.107. The molecule has 0 spiro atoms. The summed E-state index contributed by atoms with van der Waals surface area (Å²) in [6.45, 7) is 10.5. The minimum absolute atomic E-state index is 0.0123. The van der Waals surface area contributed by atoms with Gasteiger partial charge in [-0.15, -0.1) is 11.3 Å². The van der Waals surface area contributed by atoms with Gasteiger partial charge < -0.3 is 9.64 Å². The van der Waals surface area contributed by atoms with E-state index in [4.69, 9.17) is 4.74 Å². The molecule has 1 fully saturated rings. The van der Waals surface area contributed by atoms with Gasteiger partial charge in [0.1, 0.15) is 4.83 Å². The molecule has 4 heterocycles. The first kappa shape index (κ1) is 21.9. The lowest BCUT2D eigenvalue weighted by Crippen LogP contribution is -2.47. The molecular weight excluding hydrogens is 438 g/mol. The second-order valence-corrected chi connectivity index (χ2v) is 9.68. The summed E-state index contributed by atoms with van der Waals surface area (Å²) in [5.74, 6) is 0. The fourth-order valence-electron chi connectivity index (χ4n) is 4.73. The number of aromatic nitrogens is 2. The lowest BCUT2D eigenvalue weighted by Gasteiger charge is -2.36. The number of ether oxygens (including phenoxy) is 1. The highest BCUT2D eigenvalue weighted by Crippen LogP contribution is 2.35. The maximum atomic E-state index is 13.3. The van der Waals surface area contributed by atoms with Crippen molar-refractivity contribution in [1.82, 2.24) is 19.4 Å². The number of para-hydroxylation sites is 1. The molecular formula is C24H29N5O3S. The molecule has 1 saturated heterocycles. The first-order valence-electron chi connectivity index (χ1n) is 11.5. The molecule has 1 aromatic carbocycles. The number of aryl methyl sites for hydroxylation is 1. The molecule has 174 valence electrons. The molecule has 0 bridgehead atoms. The zero-order valence-electron chi connectivity index (χ0n) is 19.1. The van der Waals surface area contributed by atoms with Gasteiger partial charge in [0.15, 0.2) is 0 Å². The van der Waals surface area contributed by atoms with Gasteiger partial charge in [0.2, 0.25) is 0 Å². The Bertz CT molecular complexity index is 1230. The van der Waals surface area contributed by atoms with Crippen molar-refractivity contribution >= 4 is 33.3 Å². The predicted octanol–water partition coefficient (Wildman–Crippen LogP) is 3.06. The molecule has 0 aliphatic carbocycles. The van der Waals surface area contributed by atoms with Crippen molar-refractivity contribution in [1.29, 1.82) is 0 Å². The van der Waals surface area contributed by atoms with E-state index in [0.717, 1.165) is 48.0 Å². The van der Waals surface area contributed by atoms with E-state index in [0.29, 0.717) is 31.6 Å². The number of carbonyl (C=O) groups is 1. The van der Waals surface area contributed by atoms with Gasteiger partial charge in [-0.1, -0.05) is 18.2 Å². The molecule has 0 unspecified atom stereocenters. The van der Waals surface area contributed by atoms with Crippen molar-refractivity contribution in [2.75, 3.05) is 44.2 Å². The second kappa shape index (κ2) is 9.15. The Morgan fingerprint density at radius 3 is 2.67 bits per heavy atom. The summed E-state index contributed by atoms with van der Waals surface area (Å²) in [7, 11) is 0. The van der Waals surface area contributed by atoms with E-state index < -0.39 is 0 Å². The molecule has 0 saturated carbocycles. The van der Waals surface area contributed by atoms with Gasteiger partial charge >= 0.3 is 6.09 Å². The maximum Gasteiger partial charge on any atom is 0.410 e. The molecule has 8 nitrogen and oxygen atoms in total. The molecule has 0 N–H and O–H groups in total. The SMILES string of the molecule is CCOC(=O)N1Cc2sc3ncn(CCN4CCN(c5ccccc5C)CC4)c(=O)c3c2C1. The monoisotopic (exact) mass is 467 g/mol. The van der Waals surface area contributed by atoms with Crippen molar-refractivity contribution < 1.29 is 9.53 Å². The fourth-order valence-corrected chi connectivity index (χ4v) is 5.88. The van der Waals surface area contributed by atoms with Crippen molar-refractivity contribution in [2.45, 2.75) is 33.5 Å². The summed E-state index contributed by atoms with van der Waals surface area (Å²) in [5.41, 5.74) is 3.54. The van der Waals surface area contributed by atoms with Crippen molar-refractivity contribution in [2.24, 2.45) is 0 Å². The third-order valence-electron chi connectivity index (χ3n) is 6.56. The summed E-state index contributed by atoms with van der Waals surface area (Å²) in [6, 6.07) is 8.52. The molecule has 3 aromatic rings. The quantitative estimate of drug-likeness (QED) is 0.574. The largest absolute Gasteiger partial charge is 0.450 e. The number of thiophene rings is 1. The molecule has 2 aliphatic rings. The normalized spacial score (nSPS) is 16.4. The van der Waals surface area contributed by atoms with Crippen LogP contribution >= 0.6 is 11.3 Å². The summed E-state index contributed by atoms with van der Waals surface area (Å²) in [6.07, 6.45) is 1.34. The zero-order valence-corrected chi connectivity index (χ0v) is 19.9. The van der Waals surface area contributed by atoms with Gasteiger partial charge in [-0.05, 0) is 25.5 Å². The van der Waals surface area contributed by atoms with E-state index in [1.807, 2.05) is 0 Å². The van der Waals surface area contributed by atoms with Crippen LogP contribution in [0, 0.1) is 6.92 Å². The average molecular weight is 468 g/mol. The Hall–Kier alpha value is -2.91. The van der Waals surface area contributed by atoms with Crippen LogP contribution in [-0.4, -0.2) is 64.8 Å². The van der Waals surface area contributed by atoms with Crippen LogP contribution in [0.1, 0.15) is 22.9 Å².